The molecular weight excluding hydrogens is 206 g/mol. The molecule has 88 valence electrons. The molecule has 0 aliphatic heterocycles. The summed E-state index contributed by atoms with van der Waals surface area (Å²) in [4.78, 5) is 18.3. The summed E-state index contributed by atoms with van der Waals surface area (Å²) in [5.41, 5.74) is 4.92. The maximum atomic E-state index is 11.4. The molecule has 5 nitrogen and oxygen atoms in total. The van der Waals surface area contributed by atoms with Crippen LogP contribution in [-0.2, 0) is 10.3 Å². The topological polar surface area (TPSA) is 81.0 Å². The molecular formula is C11H17N3O2. The number of H-pyrrole nitrogens is 1. The van der Waals surface area contributed by atoms with E-state index in [4.69, 9.17) is 10.5 Å². The van der Waals surface area contributed by atoms with Crippen LogP contribution in [0.5, 0.6) is 0 Å². The van der Waals surface area contributed by atoms with Gasteiger partial charge >= 0.3 is 0 Å². The molecule has 0 bridgehead atoms. The van der Waals surface area contributed by atoms with Crippen molar-refractivity contribution in [2.45, 2.75) is 37.7 Å². The largest absolute Gasteiger partial charge is 0.383 e. The molecule has 1 fully saturated rings. The van der Waals surface area contributed by atoms with Gasteiger partial charge in [-0.15, -0.1) is 0 Å². The smallest absolute Gasteiger partial charge is 0.253 e. The lowest BCUT2D eigenvalue weighted by molar-refractivity contribution is -0.0515. The van der Waals surface area contributed by atoms with Gasteiger partial charge in [0.1, 0.15) is 17.2 Å². The maximum absolute atomic E-state index is 11.4. The number of hydrogen-bond acceptors (Lipinski definition) is 4. The molecule has 1 aromatic heterocycles. The van der Waals surface area contributed by atoms with Gasteiger partial charge in [0.05, 0.1) is 0 Å². The van der Waals surface area contributed by atoms with E-state index >= 15 is 0 Å². The molecule has 0 aromatic carbocycles. The van der Waals surface area contributed by atoms with Gasteiger partial charge in [0.25, 0.3) is 5.56 Å². The molecule has 5 heteroatoms. The lowest BCUT2D eigenvalue weighted by Gasteiger charge is -2.34. The number of ether oxygens (including phenoxy) is 1. The normalized spacial score (nSPS) is 19.6. The molecule has 1 heterocycles. The number of nitrogens with one attached hydrogen (secondary N) is 1. The highest BCUT2D eigenvalue weighted by molar-refractivity contribution is 5.26. The third-order valence-corrected chi connectivity index (χ3v) is 3.25. The van der Waals surface area contributed by atoms with Crippen LogP contribution in [-0.4, -0.2) is 17.1 Å². The van der Waals surface area contributed by atoms with Crippen molar-refractivity contribution in [2.75, 3.05) is 12.8 Å². The van der Waals surface area contributed by atoms with Crippen molar-refractivity contribution < 1.29 is 4.74 Å². The molecule has 0 spiro atoms. The van der Waals surface area contributed by atoms with E-state index in [0.29, 0.717) is 5.82 Å². The zero-order valence-corrected chi connectivity index (χ0v) is 9.45. The first-order chi connectivity index (χ1) is 7.66. The van der Waals surface area contributed by atoms with Crippen molar-refractivity contribution in [2.24, 2.45) is 0 Å². The molecule has 1 aliphatic carbocycles. The van der Waals surface area contributed by atoms with E-state index in [1.165, 1.54) is 12.5 Å². The number of methoxy groups -OCH3 is 1. The summed E-state index contributed by atoms with van der Waals surface area (Å²) < 4.78 is 5.59. The minimum Gasteiger partial charge on any atom is -0.383 e. The van der Waals surface area contributed by atoms with Crippen LogP contribution in [0.15, 0.2) is 10.9 Å². The Morgan fingerprint density at radius 1 is 1.44 bits per heavy atom. The van der Waals surface area contributed by atoms with E-state index in [0.717, 1.165) is 25.7 Å². The van der Waals surface area contributed by atoms with E-state index in [9.17, 15) is 4.79 Å². The Bertz CT molecular complexity index is 421. The summed E-state index contributed by atoms with van der Waals surface area (Å²) in [6.07, 6.45) is 5.15. The number of aromatic nitrogens is 2. The SMILES string of the molecule is COC1(c2nc(N)cc(=O)[nH]2)CCCCC1. The first-order valence-electron chi connectivity index (χ1n) is 5.59. The van der Waals surface area contributed by atoms with Gasteiger partial charge in [0.2, 0.25) is 0 Å². The standard InChI is InChI=1S/C11H17N3O2/c1-16-11(5-3-2-4-6-11)10-13-8(12)7-9(15)14-10/h7H,2-6H2,1H3,(H3,12,13,14,15). The fourth-order valence-electron chi connectivity index (χ4n) is 2.35. The average molecular weight is 223 g/mol. The van der Waals surface area contributed by atoms with E-state index < -0.39 is 5.60 Å². The summed E-state index contributed by atoms with van der Waals surface area (Å²) >= 11 is 0. The highest BCUT2D eigenvalue weighted by Gasteiger charge is 2.36. The van der Waals surface area contributed by atoms with Gasteiger partial charge in [0.15, 0.2) is 0 Å². The van der Waals surface area contributed by atoms with Gasteiger partial charge < -0.3 is 15.5 Å². The quantitative estimate of drug-likeness (QED) is 0.788. The molecule has 0 amide bonds. The molecule has 0 atom stereocenters. The number of nitrogens with zero attached hydrogens (tertiary/aromatic N) is 1. The zero-order chi connectivity index (χ0) is 11.6. The second kappa shape index (κ2) is 4.25. The van der Waals surface area contributed by atoms with Gasteiger partial charge in [-0.25, -0.2) is 4.98 Å². The van der Waals surface area contributed by atoms with Crippen LogP contribution < -0.4 is 11.3 Å². The van der Waals surface area contributed by atoms with Gasteiger partial charge in [0, 0.05) is 13.2 Å². The molecule has 16 heavy (non-hydrogen) atoms. The lowest BCUT2D eigenvalue weighted by atomic mass is 9.84. The van der Waals surface area contributed by atoms with Crippen LogP contribution in [0.25, 0.3) is 0 Å². The second-order valence-corrected chi connectivity index (χ2v) is 4.28. The van der Waals surface area contributed by atoms with Gasteiger partial charge in [-0.1, -0.05) is 19.3 Å². The number of nitrogens with two attached hydrogens (primary N) is 1. The number of rotatable bonds is 2. The number of aromatic amines is 1. The Balaban J connectivity index is 2.42. The highest BCUT2D eigenvalue weighted by Crippen LogP contribution is 2.37. The second-order valence-electron chi connectivity index (χ2n) is 4.28. The Morgan fingerprint density at radius 3 is 2.69 bits per heavy atom. The van der Waals surface area contributed by atoms with Crippen LogP contribution in [0.4, 0.5) is 5.82 Å². The third kappa shape index (κ3) is 1.95. The Labute approximate surface area is 94.0 Å². The fraction of sp³-hybridized carbons (Fsp3) is 0.636. The Kier molecular flexibility index (Phi) is 2.96. The van der Waals surface area contributed by atoms with Gasteiger partial charge in [-0.3, -0.25) is 4.79 Å². The van der Waals surface area contributed by atoms with Gasteiger partial charge in [-0.2, -0.15) is 0 Å². The van der Waals surface area contributed by atoms with Crippen molar-refractivity contribution in [1.82, 2.24) is 9.97 Å². The number of hydrogen-bond donors (Lipinski definition) is 2. The molecule has 0 unspecified atom stereocenters. The minimum atomic E-state index is -0.452. The predicted molar refractivity (Wildman–Crippen MR) is 61.0 cm³/mol. The van der Waals surface area contributed by atoms with Crippen LogP contribution in [0.2, 0.25) is 0 Å². The molecule has 2 rings (SSSR count). The average Bonchev–Trinajstić information content (AvgIpc) is 2.28. The predicted octanol–water partition coefficient (Wildman–Crippen LogP) is 1.16. The summed E-state index contributed by atoms with van der Waals surface area (Å²) in [6, 6.07) is 1.29. The van der Waals surface area contributed by atoms with Crippen LogP contribution in [0, 0.1) is 0 Å². The van der Waals surface area contributed by atoms with Crippen molar-refractivity contribution in [3.05, 3.63) is 22.2 Å². The summed E-state index contributed by atoms with van der Waals surface area (Å²) in [5.74, 6) is 0.820. The summed E-state index contributed by atoms with van der Waals surface area (Å²) in [6.45, 7) is 0. The highest BCUT2D eigenvalue weighted by atomic mass is 16.5. The third-order valence-electron chi connectivity index (χ3n) is 3.25. The molecule has 1 aromatic rings. The van der Waals surface area contributed by atoms with E-state index in [1.54, 1.807) is 7.11 Å². The molecule has 0 saturated heterocycles. The summed E-state index contributed by atoms with van der Waals surface area (Å²) in [5, 5.41) is 0. The Morgan fingerprint density at radius 2 is 2.12 bits per heavy atom. The maximum Gasteiger partial charge on any atom is 0.253 e. The van der Waals surface area contributed by atoms with Crippen LogP contribution in [0.3, 0.4) is 0 Å². The zero-order valence-electron chi connectivity index (χ0n) is 9.45. The van der Waals surface area contributed by atoms with Crippen molar-refractivity contribution in [3.8, 4) is 0 Å². The molecule has 1 saturated carbocycles. The van der Waals surface area contributed by atoms with E-state index in [2.05, 4.69) is 9.97 Å². The number of nitrogen functional groups attached to an aromatic ring is 1. The number of anilines is 1. The molecule has 3 N–H and O–H groups in total. The van der Waals surface area contributed by atoms with Crippen molar-refractivity contribution in [1.29, 1.82) is 0 Å². The molecule has 1 aliphatic rings. The fourth-order valence-corrected chi connectivity index (χ4v) is 2.35. The minimum absolute atomic E-state index is 0.218. The monoisotopic (exact) mass is 223 g/mol. The van der Waals surface area contributed by atoms with Crippen molar-refractivity contribution in [3.63, 3.8) is 0 Å². The lowest BCUT2D eigenvalue weighted by Crippen LogP contribution is -2.35. The van der Waals surface area contributed by atoms with E-state index in [1.807, 2.05) is 0 Å². The van der Waals surface area contributed by atoms with Gasteiger partial charge in [-0.05, 0) is 12.8 Å². The van der Waals surface area contributed by atoms with E-state index in [-0.39, 0.29) is 11.4 Å². The first-order valence-corrected chi connectivity index (χ1v) is 5.59. The first kappa shape index (κ1) is 11.1. The Hall–Kier alpha value is -1.36. The van der Waals surface area contributed by atoms with Crippen LogP contribution in [0.1, 0.15) is 37.9 Å². The van der Waals surface area contributed by atoms with Crippen LogP contribution >= 0.6 is 0 Å². The molecule has 0 radical (unpaired) electrons. The summed E-state index contributed by atoms with van der Waals surface area (Å²) in [7, 11) is 1.66. The van der Waals surface area contributed by atoms with Crippen molar-refractivity contribution >= 4 is 5.82 Å².